The highest BCUT2D eigenvalue weighted by atomic mass is 32.1. The molecule has 4 heteroatoms. The third kappa shape index (κ3) is 3.24. The summed E-state index contributed by atoms with van der Waals surface area (Å²) >= 11 is 5.36. The highest BCUT2D eigenvalue weighted by Gasteiger charge is 2.11. The predicted octanol–water partition coefficient (Wildman–Crippen LogP) is 5.37. The number of nitrogens with one attached hydrogen (secondary N) is 1. The van der Waals surface area contributed by atoms with Crippen LogP contribution in [0.1, 0.15) is 52.0 Å². The van der Waals surface area contributed by atoms with Gasteiger partial charge >= 0.3 is 0 Å². The zero-order valence-corrected chi connectivity index (χ0v) is 12.4. The second-order valence-electron chi connectivity index (χ2n) is 5.16. The van der Waals surface area contributed by atoms with Crippen molar-refractivity contribution >= 4 is 23.3 Å². The average Bonchev–Trinajstić information content (AvgIpc) is 2.69. The number of hydrogen-bond acceptors (Lipinski definition) is 1. The van der Waals surface area contributed by atoms with Crippen LogP contribution in [0.25, 0.3) is 11.0 Å². The molecule has 0 aliphatic heterocycles. The molecule has 0 amide bonds. The minimum absolute atomic E-state index is 0.230. The summed E-state index contributed by atoms with van der Waals surface area (Å²) in [5.41, 5.74) is 1.78. The van der Waals surface area contributed by atoms with Gasteiger partial charge in [-0.3, -0.25) is 0 Å². The van der Waals surface area contributed by atoms with Crippen molar-refractivity contribution < 1.29 is 4.39 Å². The topological polar surface area (TPSA) is 20.7 Å². The Bertz CT molecular complexity index is 600. The first-order valence-corrected chi connectivity index (χ1v) is 7.44. The largest absolute Gasteiger partial charge is 0.330 e. The normalized spacial score (nSPS) is 13.0. The van der Waals surface area contributed by atoms with E-state index >= 15 is 0 Å². The molecule has 2 aromatic rings. The molecule has 2 nitrogen and oxygen atoms in total. The molecule has 0 aliphatic rings. The Morgan fingerprint density at radius 3 is 2.84 bits per heavy atom. The smallest absolute Gasteiger partial charge is 0.178 e. The van der Waals surface area contributed by atoms with Crippen LogP contribution >= 0.6 is 12.2 Å². The van der Waals surface area contributed by atoms with E-state index in [1.165, 1.54) is 37.8 Å². The Labute approximate surface area is 118 Å². The molecule has 0 aliphatic carbocycles. The standard InChI is InChI=1S/C15H21FN2S/c1-3-4-5-6-7-11(2)18-14-9-8-12(16)10-13(14)17-15(18)19/h8-11H,3-7H2,1-2H3,(H,17,19). The number of aromatic amines is 1. The van der Waals surface area contributed by atoms with E-state index in [1.807, 2.05) is 0 Å². The second-order valence-corrected chi connectivity index (χ2v) is 5.55. The molecule has 19 heavy (non-hydrogen) atoms. The molecule has 0 saturated heterocycles. The first-order valence-electron chi connectivity index (χ1n) is 7.03. The zero-order valence-electron chi connectivity index (χ0n) is 11.6. The van der Waals surface area contributed by atoms with Crippen molar-refractivity contribution in [3.8, 4) is 0 Å². The van der Waals surface area contributed by atoms with Gasteiger partial charge < -0.3 is 9.55 Å². The molecule has 1 aromatic heterocycles. The average molecular weight is 280 g/mol. The molecule has 0 fully saturated rings. The molecule has 1 heterocycles. The van der Waals surface area contributed by atoms with E-state index < -0.39 is 0 Å². The van der Waals surface area contributed by atoms with E-state index in [9.17, 15) is 4.39 Å². The van der Waals surface area contributed by atoms with Gasteiger partial charge in [-0.15, -0.1) is 0 Å². The molecular formula is C15H21FN2S. The van der Waals surface area contributed by atoms with Gasteiger partial charge in [0.25, 0.3) is 0 Å². The minimum atomic E-state index is -0.230. The first kappa shape index (κ1) is 14.3. The second kappa shape index (κ2) is 6.33. The third-order valence-corrected chi connectivity index (χ3v) is 3.89. The number of hydrogen-bond donors (Lipinski definition) is 1. The maximum Gasteiger partial charge on any atom is 0.178 e. The summed E-state index contributed by atoms with van der Waals surface area (Å²) in [4.78, 5) is 3.09. The minimum Gasteiger partial charge on any atom is -0.330 e. The maximum atomic E-state index is 13.2. The highest BCUT2D eigenvalue weighted by molar-refractivity contribution is 7.71. The highest BCUT2D eigenvalue weighted by Crippen LogP contribution is 2.23. The van der Waals surface area contributed by atoms with E-state index in [0.717, 1.165) is 17.5 Å². The summed E-state index contributed by atoms with van der Waals surface area (Å²) in [6.07, 6.45) is 6.13. The molecule has 1 atom stereocenters. The number of aromatic nitrogens is 2. The Kier molecular flexibility index (Phi) is 4.75. The Morgan fingerprint density at radius 2 is 2.11 bits per heavy atom. The summed E-state index contributed by atoms with van der Waals surface area (Å²) in [6, 6.07) is 5.15. The lowest BCUT2D eigenvalue weighted by Crippen LogP contribution is -2.05. The molecule has 0 radical (unpaired) electrons. The van der Waals surface area contributed by atoms with Gasteiger partial charge in [-0.2, -0.15) is 0 Å². The van der Waals surface area contributed by atoms with Crippen molar-refractivity contribution in [3.05, 3.63) is 28.8 Å². The number of benzene rings is 1. The molecular weight excluding hydrogens is 259 g/mol. The van der Waals surface area contributed by atoms with Crippen molar-refractivity contribution in [2.45, 2.75) is 52.0 Å². The number of nitrogens with zero attached hydrogens (tertiary/aromatic N) is 1. The monoisotopic (exact) mass is 280 g/mol. The number of unbranched alkanes of at least 4 members (excludes halogenated alkanes) is 3. The van der Waals surface area contributed by atoms with Crippen molar-refractivity contribution in [2.75, 3.05) is 0 Å². The lowest BCUT2D eigenvalue weighted by molar-refractivity contribution is 0.478. The van der Waals surface area contributed by atoms with Crippen LogP contribution in [0.4, 0.5) is 4.39 Å². The van der Waals surface area contributed by atoms with Crippen LogP contribution < -0.4 is 0 Å². The van der Waals surface area contributed by atoms with Gasteiger partial charge in [-0.1, -0.05) is 32.6 Å². The third-order valence-electron chi connectivity index (χ3n) is 3.59. The summed E-state index contributed by atoms with van der Waals surface area (Å²) in [6.45, 7) is 4.39. The molecule has 0 bridgehead atoms. The molecule has 2 rings (SSSR count). The fourth-order valence-electron chi connectivity index (χ4n) is 2.54. The number of fused-ring (bicyclic) bond motifs is 1. The van der Waals surface area contributed by atoms with Gasteiger partial charge in [0.1, 0.15) is 5.82 Å². The van der Waals surface area contributed by atoms with Gasteiger partial charge in [0, 0.05) is 6.04 Å². The summed E-state index contributed by atoms with van der Waals surface area (Å²) in [5.74, 6) is -0.230. The lowest BCUT2D eigenvalue weighted by atomic mass is 10.1. The van der Waals surface area contributed by atoms with Gasteiger partial charge in [0.15, 0.2) is 4.77 Å². The van der Waals surface area contributed by atoms with E-state index in [4.69, 9.17) is 12.2 Å². The fourth-order valence-corrected chi connectivity index (χ4v) is 2.92. The van der Waals surface area contributed by atoms with Gasteiger partial charge in [0.05, 0.1) is 11.0 Å². The summed E-state index contributed by atoms with van der Waals surface area (Å²) in [5, 5.41) is 0. The van der Waals surface area contributed by atoms with Gasteiger partial charge in [-0.25, -0.2) is 4.39 Å². The van der Waals surface area contributed by atoms with Crippen LogP contribution in [-0.2, 0) is 0 Å². The Hall–Kier alpha value is -1.16. The molecule has 1 aromatic carbocycles. The van der Waals surface area contributed by atoms with Crippen molar-refractivity contribution in [2.24, 2.45) is 0 Å². The molecule has 0 spiro atoms. The number of rotatable bonds is 6. The van der Waals surface area contributed by atoms with Crippen LogP contribution in [0.15, 0.2) is 18.2 Å². The number of H-pyrrole nitrogens is 1. The van der Waals surface area contributed by atoms with E-state index in [0.29, 0.717) is 10.8 Å². The summed E-state index contributed by atoms with van der Waals surface area (Å²) in [7, 11) is 0. The van der Waals surface area contributed by atoms with E-state index in [2.05, 4.69) is 23.4 Å². The van der Waals surface area contributed by atoms with Crippen LogP contribution in [0.3, 0.4) is 0 Å². The zero-order chi connectivity index (χ0) is 13.8. The van der Waals surface area contributed by atoms with E-state index in [1.54, 1.807) is 6.07 Å². The lowest BCUT2D eigenvalue weighted by Gasteiger charge is -2.14. The molecule has 0 saturated carbocycles. The van der Waals surface area contributed by atoms with Crippen LogP contribution in [0, 0.1) is 10.6 Å². The van der Waals surface area contributed by atoms with Gasteiger partial charge in [-0.05, 0) is 43.8 Å². The SMILES string of the molecule is CCCCCCC(C)n1c(=S)[nH]c2cc(F)ccc21. The Morgan fingerprint density at radius 1 is 1.32 bits per heavy atom. The van der Waals surface area contributed by atoms with Crippen molar-refractivity contribution in [1.29, 1.82) is 0 Å². The number of imidazole rings is 1. The first-order chi connectivity index (χ1) is 9.13. The van der Waals surface area contributed by atoms with Crippen LogP contribution in [0.2, 0.25) is 0 Å². The van der Waals surface area contributed by atoms with Crippen molar-refractivity contribution in [3.63, 3.8) is 0 Å². The molecule has 104 valence electrons. The summed E-state index contributed by atoms with van der Waals surface area (Å²) < 4.78 is 16.0. The van der Waals surface area contributed by atoms with Gasteiger partial charge in [0.2, 0.25) is 0 Å². The maximum absolute atomic E-state index is 13.2. The Balaban J connectivity index is 2.19. The van der Waals surface area contributed by atoms with Crippen LogP contribution in [0.5, 0.6) is 0 Å². The number of halogens is 1. The predicted molar refractivity (Wildman–Crippen MR) is 80.6 cm³/mol. The fraction of sp³-hybridized carbons (Fsp3) is 0.533. The van der Waals surface area contributed by atoms with Crippen molar-refractivity contribution in [1.82, 2.24) is 9.55 Å². The van der Waals surface area contributed by atoms with Crippen LogP contribution in [-0.4, -0.2) is 9.55 Å². The quantitative estimate of drug-likeness (QED) is 0.557. The van der Waals surface area contributed by atoms with E-state index in [-0.39, 0.29) is 5.82 Å². The molecule has 1 N–H and O–H groups in total. The molecule has 1 unspecified atom stereocenters.